The summed E-state index contributed by atoms with van der Waals surface area (Å²) < 4.78 is 4.72. The number of anilines is 2. The lowest BCUT2D eigenvalue weighted by Crippen LogP contribution is -2.28. The van der Waals surface area contributed by atoms with E-state index in [1.54, 1.807) is 6.92 Å². The van der Waals surface area contributed by atoms with Crippen molar-refractivity contribution in [1.29, 1.82) is 0 Å². The van der Waals surface area contributed by atoms with Gasteiger partial charge in [-0.2, -0.15) is 0 Å². The number of aromatic nitrogens is 2. The molecule has 0 saturated carbocycles. The summed E-state index contributed by atoms with van der Waals surface area (Å²) in [6.07, 6.45) is 1.01. The number of carbonyl (C=O) groups excluding carboxylic acids is 1. The Morgan fingerprint density at radius 1 is 1.33 bits per heavy atom. The molecule has 118 valence electrons. The molecule has 1 unspecified atom stereocenters. The fourth-order valence-corrected chi connectivity index (χ4v) is 1.66. The predicted octanol–water partition coefficient (Wildman–Crippen LogP) is 2.57. The number of esters is 1. The second-order valence-electron chi connectivity index (χ2n) is 6.03. The minimum absolute atomic E-state index is 0.172. The van der Waals surface area contributed by atoms with Crippen LogP contribution in [0.2, 0.25) is 0 Å². The van der Waals surface area contributed by atoms with Crippen molar-refractivity contribution >= 4 is 17.6 Å². The smallest absolute Gasteiger partial charge is 0.328 e. The van der Waals surface area contributed by atoms with Gasteiger partial charge < -0.3 is 15.4 Å². The minimum Gasteiger partial charge on any atom is -0.467 e. The van der Waals surface area contributed by atoms with E-state index in [9.17, 15) is 4.79 Å². The first-order valence-corrected chi connectivity index (χ1v) is 7.25. The number of nitrogens with zero attached hydrogens (tertiary/aromatic N) is 2. The number of rotatable bonds is 6. The second kappa shape index (κ2) is 7.24. The van der Waals surface area contributed by atoms with Gasteiger partial charge in [0.1, 0.15) is 23.5 Å². The largest absolute Gasteiger partial charge is 0.467 e. The molecule has 0 aliphatic heterocycles. The molecule has 0 saturated heterocycles. The van der Waals surface area contributed by atoms with Crippen molar-refractivity contribution in [2.45, 2.75) is 52.5 Å². The molecule has 1 atom stereocenters. The van der Waals surface area contributed by atoms with Gasteiger partial charge in [0.05, 0.1) is 7.11 Å². The van der Waals surface area contributed by atoms with Gasteiger partial charge in [0.15, 0.2) is 0 Å². The molecule has 0 aromatic carbocycles. The van der Waals surface area contributed by atoms with Gasteiger partial charge in [-0.1, -0.05) is 27.7 Å². The van der Waals surface area contributed by atoms with E-state index in [1.165, 1.54) is 7.11 Å². The first kappa shape index (κ1) is 17.2. The molecule has 2 N–H and O–H groups in total. The fraction of sp³-hybridized carbons (Fsp3) is 0.667. The summed E-state index contributed by atoms with van der Waals surface area (Å²) in [6, 6.07) is 1.35. The SMILES string of the molecule is CCCNc1cc(NC(C)C(=O)OC)nc(C(C)(C)C)n1. The maximum Gasteiger partial charge on any atom is 0.328 e. The van der Waals surface area contributed by atoms with Crippen molar-refractivity contribution in [3.63, 3.8) is 0 Å². The summed E-state index contributed by atoms with van der Waals surface area (Å²) in [5, 5.41) is 6.31. The van der Waals surface area contributed by atoms with Crippen LogP contribution in [0.4, 0.5) is 11.6 Å². The van der Waals surface area contributed by atoms with E-state index in [0.717, 1.165) is 24.6 Å². The van der Waals surface area contributed by atoms with Crippen LogP contribution in [-0.2, 0) is 14.9 Å². The second-order valence-corrected chi connectivity index (χ2v) is 6.03. The van der Waals surface area contributed by atoms with Crippen molar-refractivity contribution in [3.05, 3.63) is 11.9 Å². The topological polar surface area (TPSA) is 76.1 Å². The third-order valence-electron chi connectivity index (χ3n) is 2.87. The molecule has 0 amide bonds. The van der Waals surface area contributed by atoms with Crippen LogP contribution in [0, 0.1) is 0 Å². The van der Waals surface area contributed by atoms with Gasteiger partial charge in [-0.05, 0) is 13.3 Å². The van der Waals surface area contributed by atoms with Crippen LogP contribution in [0.15, 0.2) is 6.07 Å². The third kappa shape index (κ3) is 5.21. The summed E-state index contributed by atoms with van der Waals surface area (Å²) in [7, 11) is 1.37. The molecule has 1 aromatic rings. The highest BCUT2D eigenvalue weighted by atomic mass is 16.5. The molecular weight excluding hydrogens is 268 g/mol. The van der Waals surface area contributed by atoms with Crippen LogP contribution < -0.4 is 10.6 Å². The van der Waals surface area contributed by atoms with E-state index in [4.69, 9.17) is 4.74 Å². The summed E-state index contributed by atoms with van der Waals surface area (Å²) in [5.41, 5.74) is -0.172. The maximum atomic E-state index is 11.5. The zero-order valence-electron chi connectivity index (χ0n) is 13.8. The Hall–Kier alpha value is -1.85. The van der Waals surface area contributed by atoms with Gasteiger partial charge in [0, 0.05) is 18.0 Å². The number of hydrogen-bond acceptors (Lipinski definition) is 6. The number of carbonyl (C=O) groups is 1. The van der Waals surface area contributed by atoms with Crippen LogP contribution in [0.1, 0.15) is 46.9 Å². The Kier molecular flexibility index (Phi) is 5.93. The first-order valence-electron chi connectivity index (χ1n) is 7.25. The average Bonchev–Trinajstić information content (AvgIpc) is 2.42. The zero-order valence-corrected chi connectivity index (χ0v) is 13.8. The highest BCUT2D eigenvalue weighted by molar-refractivity contribution is 5.78. The quantitative estimate of drug-likeness (QED) is 0.785. The predicted molar refractivity (Wildman–Crippen MR) is 84.6 cm³/mol. The molecule has 0 aliphatic rings. The lowest BCUT2D eigenvalue weighted by molar-refractivity contribution is -0.141. The summed E-state index contributed by atoms with van der Waals surface area (Å²) >= 11 is 0. The number of hydrogen-bond donors (Lipinski definition) is 2. The van der Waals surface area contributed by atoms with Gasteiger partial charge >= 0.3 is 5.97 Å². The highest BCUT2D eigenvalue weighted by Gasteiger charge is 2.20. The Bertz CT molecular complexity index is 483. The van der Waals surface area contributed by atoms with E-state index in [1.807, 2.05) is 6.07 Å². The molecule has 6 heteroatoms. The van der Waals surface area contributed by atoms with Crippen molar-refractivity contribution in [3.8, 4) is 0 Å². The average molecular weight is 294 g/mol. The summed E-state index contributed by atoms with van der Waals surface area (Å²) in [4.78, 5) is 20.5. The van der Waals surface area contributed by atoms with Crippen molar-refractivity contribution in [2.75, 3.05) is 24.3 Å². The van der Waals surface area contributed by atoms with Crippen molar-refractivity contribution in [1.82, 2.24) is 9.97 Å². The maximum absolute atomic E-state index is 11.5. The van der Waals surface area contributed by atoms with Crippen LogP contribution in [0.25, 0.3) is 0 Å². The van der Waals surface area contributed by atoms with Crippen molar-refractivity contribution < 1.29 is 9.53 Å². The summed E-state index contributed by atoms with van der Waals surface area (Å²) in [5.74, 6) is 1.78. The Morgan fingerprint density at radius 3 is 2.48 bits per heavy atom. The first-order chi connectivity index (χ1) is 9.77. The molecule has 0 bridgehead atoms. The number of ether oxygens (including phenoxy) is 1. The molecular formula is C15H26N4O2. The van der Waals surface area contributed by atoms with E-state index in [2.05, 4.69) is 48.3 Å². The van der Waals surface area contributed by atoms with Crippen LogP contribution >= 0.6 is 0 Å². The normalized spacial score (nSPS) is 12.7. The van der Waals surface area contributed by atoms with Crippen molar-refractivity contribution in [2.24, 2.45) is 0 Å². The monoisotopic (exact) mass is 294 g/mol. The highest BCUT2D eigenvalue weighted by Crippen LogP contribution is 2.22. The van der Waals surface area contributed by atoms with Gasteiger partial charge in [-0.25, -0.2) is 14.8 Å². The molecule has 6 nitrogen and oxygen atoms in total. The van der Waals surface area contributed by atoms with Gasteiger partial charge in [-0.15, -0.1) is 0 Å². The Labute approximate surface area is 126 Å². The van der Waals surface area contributed by atoms with Gasteiger partial charge in [0.2, 0.25) is 0 Å². The van der Waals surface area contributed by atoms with Crippen LogP contribution in [0.3, 0.4) is 0 Å². The molecule has 0 aliphatic carbocycles. The van der Waals surface area contributed by atoms with E-state index in [-0.39, 0.29) is 11.4 Å². The zero-order chi connectivity index (χ0) is 16.0. The standard InChI is InChI=1S/C15H26N4O2/c1-7-8-16-11-9-12(17-10(2)13(20)21-6)19-14(18-11)15(3,4)5/h9-10H,7-8H2,1-6H3,(H2,16,17,18,19). The Morgan fingerprint density at radius 2 is 1.95 bits per heavy atom. The number of methoxy groups -OCH3 is 1. The van der Waals surface area contributed by atoms with Crippen LogP contribution in [0.5, 0.6) is 0 Å². The Balaban J connectivity index is 3.04. The van der Waals surface area contributed by atoms with E-state index < -0.39 is 6.04 Å². The molecule has 21 heavy (non-hydrogen) atoms. The number of nitrogens with one attached hydrogen (secondary N) is 2. The molecule has 0 fully saturated rings. The van der Waals surface area contributed by atoms with Gasteiger partial charge in [-0.3, -0.25) is 0 Å². The molecule has 0 spiro atoms. The van der Waals surface area contributed by atoms with E-state index in [0.29, 0.717) is 5.82 Å². The lowest BCUT2D eigenvalue weighted by atomic mass is 9.96. The lowest BCUT2D eigenvalue weighted by Gasteiger charge is -2.20. The summed E-state index contributed by atoms with van der Waals surface area (Å²) in [6.45, 7) is 10.8. The third-order valence-corrected chi connectivity index (χ3v) is 2.87. The van der Waals surface area contributed by atoms with E-state index >= 15 is 0 Å². The molecule has 1 rings (SSSR count). The fourth-order valence-electron chi connectivity index (χ4n) is 1.66. The molecule has 1 aromatic heterocycles. The molecule has 0 radical (unpaired) electrons. The van der Waals surface area contributed by atoms with Crippen LogP contribution in [-0.4, -0.2) is 35.6 Å². The van der Waals surface area contributed by atoms with Gasteiger partial charge in [0.25, 0.3) is 0 Å². The minimum atomic E-state index is -0.461. The molecule has 1 heterocycles.